The van der Waals surface area contributed by atoms with Crippen molar-refractivity contribution in [2.24, 2.45) is 0 Å². The molecule has 2 atom stereocenters. The first-order valence-electron chi connectivity index (χ1n) is 33.7. The van der Waals surface area contributed by atoms with E-state index in [-0.39, 0.29) is 18.5 Å². The fraction of sp³-hybridized carbons (Fsp3) is 0.884. The molecule has 442 valence electrons. The van der Waals surface area contributed by atoms with E-state index in [1.807, 2.05) is 0 Å². The summed E-state index contributed by atoms with van der Waals surface area (Å²) in [6.45, 7) is 4.94. The summed E-state index contributed by atoms with van der Waals surface area (Å²) in [6, 6.07) is -0.540. The second-order valence-electron chi connectivity index (χ2n) is 23.1. The van der Waals surface area contributed by atoms with Crippen molar-refractivity contribution in [3.8, 4) is 0 Å². The lowest BCUT2D eigenvalue weighted by atomic mass is 10.0. The molecule has 2 unspecified atom stereocenters. The molecule has 0 spiro atoms. The van der Waals surface area contributed by atoms with Crippen LogP contribution in [-0.4, -0.2) is 47.4 Å². The molecule has 0 aliphatic rings. The first kappa shape index (κ1) is 73.1. The minimum absolute atomic E-state index is 0.0123. The first-order chi connectivity index (χ1) is 37.0. The predicted octanol–water partition coefficient (Wildman–Crippen LogP) is 21.5. The van der Waals surface area contributed by atoms with E-state index in [2.05, 4.69) is 55.6 Å². The van der Waals surface area contributed by atoms with Crippen molar-refractivity contribution in [3.63, 3.8) is 0 Å². The zero-order valence-corrected chi connectivity index (χ0v) is 50.5. The number of nitrogens with one attached hydrogen (secondary N) is 1. The van der Waals surface area contributed by atoms with E-state index in [0.717, 1.165) is 51.4 Å². The lowest BCUT2D eigenvalue weighted by molar-refractivity contribution is -0.143. The summed E-state index contributed by atoms with van der Waals surface area (Å²) >= 11 is 0. The number of carbonyl (C=O) groups excluding carboxylic acids is 2. The van der Waals surface area contributed by atoms with Gasteiger partial charge in [0.15, 0.2) is 0 Å². The van der Waals surface area contributed by atoms with Crippen molar-refractivity contribution >= 4 is 11.9 Å². The van der Waals surface area contributed by atoms with Gasteiger partial charge in [-0.05, 0) is 83.5 Å². The van der Waals surface area contributed by atoms with Crippen LogP contribution in [0.5, 0.6) is 0 Å². The minimum Gasteiger partial charge on any atom is -0.466 e. The molecule has 0 aromatic carbocycles. The summed E-state index contributed by atoms with van der Waals surface area (Å²) in [5.41, 5.74) is 0. The Labute approximate surface area is 468 Å². The molecule has 0 saturated heterocycles. The Morgan fingerprint density at radius 2 is 0.667 bits per heavy atom. The molecule has 0 rings (SSSR count). The number of esters is 1. The summed E-state index contributed by atoms with van der Waals surface area (Å²) in [7, 11) is 0. The molecule has 75 heavy (non-hydrogen) atoms. The third-order valence-electron chi connectivity index (χ3n) is 15.7. The zero-order valence-electron chi connectivity index (χ0n) is 50.5. The van der Waals surface area contributed by atoms with E-state index >= 15 is 0 Å². The molecule has 0 saturated carbocycles. The van der Waals surface area contributed by atoms with E-state index in [4.69, 9.17) is 4.74 Å². The maximum absolute atomic E-state index is 12.5. The summed E-state index contributed by atoms with van der Waals surface area (Å²) in [6.07, 6.45) is 81.9. The van der Waals surface area contributed by atoms with E-state index in [9.17, 15) is 19.8 Å². The van der Waals surface area contributed by atoms with Gasteiger partial charge in [-0.3, -0.25) is 9.59 Å². The molecule has 1 amide bonds. The van der Waals surface area contributed by atoms with Crippen LogP contribution in [0.3, 0.4) is 0 Å². The molecule has 0 aromatic rings. The quantitative estimate of drug-likeness (QED) is 0.0320. The molecule has 0 aliphatic heterocycles. The van der Waals surface area contributed by atoms with Crippen molar-refractivity contribution in [2.75, 3.05) is 13.2 Å². The normalized spacial score (nSPS) is 12.7. The van der Waals surface area contributed by atoms with Gasteiger partial charge in [0.25, 0.3) is 0 Å². The van der Waals surface area contributed by atoms with Crippen molar-refractivity contribution in [2.45, 2.75) is 379 Å². The van der Waals surface area contributed by atoms with Gasteiger partial charge >= 0.3 is 5.97 Å². The van der Waals surface area contributed by atoms with Crippen molar-refractivity contribution in [3.05, 3.63) is 36.5 Å². The average Bonchev–Trinajstić information content (AvgIpc) is 3.41. The second-order valence-corrected chi connectivity index (χ2v) is 23.1. The topological polar surface area (TPSA) is 95.9 Å². The molecular formula is C69H131NO5. The number of amides is 1. The zero-order chi connectivity index (χ0) is 54.3. The Kier molecular flexibility index (Phi) is 63.0. The maximum Gasteiger partial charge on any atom is 0.305 e. The molecule has 6 heteroatoms. The Hall–Kier alpha value is -1.92. The number of hydrogen-bond donors (Lipinski definition) is 3. The van der Waals surface area contributed by atoms with Crippen LogP contribution in [0.4, 0.5) is 0 Å². The Balaban J connectivity index is 3.35. The van der Waals surface area contributed by atoms with E-state index in [1.54, 1.807) is 0 Å². The molecule has 3 N–H and O–H groups in total. The number of ether oxygens (including phenoxy) is 1. The average molecular weight is 1050 g/mol. The SMILES string of the molecule is CCCCC/C=C\C/C=C\CCCCCCCCCCCC(=O)OCCCCCCCCCCCCCC/C=C\CCCCCCCCCCCCCCC(=O)NC(CO)C(O)CCCCCCCCCCCCC. The Morgan fingerprint density at radius 3 is 1.05 bits per heavy atom. The van der Waals surface area contributed by atoms with E-state index in [1.165, 1.54) is 283 Å². The van der Waals surface area contributed by atoms with Gasteiger partial charge in [-0.15, -0.1) is 0 Å². The summed E-state index contributed by atoms with van der Waals surface area (Å²) in [5, 5.41) is 23.2. The van der Waals surface area contributed by atoms with Crippen LogP contribution in [0.1, 0.15) is 367 Å². The third kappa shape index (κ3) is 61.2. The fourth-order valence-electron chi connectivity index (χ4n) is 10.5. The molecule has 0 radical (unpaired) electrons. The summed E-state index contributed by atoms with van der Waals surface area (Å²) in [4.78, 5) is 24.6. The molecule has 0 aromatic heterocycles. The van der Waals surface area contributed by atoms with Crippen LogP contribution in [0, 0.1) is 0 Å². The number of carbonyl (C=O) groups is 2. The third-order valence-corrected chi connectivity index (χ3v) is 15.7. The summed E-state index contributed by atoms with van der Waals surface area (Å²) < 4.78 is 5.50. The van der Waals surface area contributed by atoms with Crippen LogP contribution in [-0.2, 0) is 14.3 Å². The largest absolute Gasteiger partial charge is 0.466 e. The van der Waals surface area contributed by atoms with Gasteiger partial charge in [-0.2, -0.15) is 0 Å². The van der Waals surface area contributed by atoms with Gasteiger partial charge < -0.3 is 20.3 Å². The fourth-order valence-corrected chi connectivity index (χ4v) is 10.5. The first-order valence-corrected chi connectivity index (χ1v) is 33.7. The van der Waals surface area contributed by atoms with Crippen molar-refractivity contribution < 1.29 is 24.5 Å². The van der Waals surface area contributed by atoms with Gasteiger partial charge in [-0.1, -0.05) is 307 Å². The highest BCUT2D eigenvalue weighted by atomic mass is 16.5. The number of aliphatic hydroxyl groups excluding tert-OH is 2. The molecule has 6 nitrogen and oxygen atoms in total. The highest BCUT2D eigenvalue weighted by molar-refractivity contribution is 5.76. The summed E-state index contributed by atoms with van der Waals surface area (Å²) in [5.74, 6) is -0.0225. The Bertz CT molecular complexity index is 1210. The Morgan fingerprint density at radius 1 is 0.373 bits per heavy atom. The van der Waals surface area contributed by atoms with Crippen LogP contribution in [0.15, 0.2) is 36.5 Å². The van der Waals surface area contributed by atoms with E-state index < -0.39 is 12.1 Å². The lowest BCUT2D eigenvalue weighted by Crippen LogP contribution is -2.45. The maximum atomic E-state index is 12.5. The van der Waals surface area contributed by atoms with Gasteiger partial charge in [0.1, 0.15) is 0 Å². The molecular weight excluding hydrogens is 923 g/mol. The van der Waals surface area contributed by atoms with Crippen molar-refractivity contribution in [1.82, 2.24) is 5.32 Å². The smallest absolute Gasteiger partial charge is 0.305 e. The van der Waals surface area contributed by atoms with E-state index in [0.29, 0.717) is 25.9 Å². The van der Waals surface area contributed by atoms with Gasteiger partial charge in [-0.25, -0.2) is 0 Å². The minimum atomic E-state index is -0.663. The highest BCUT2D eigenvalue weighted by Crippen LogP contribution is 2.18. The van der Waals surface area contributed by atoms with Gasteiger partial charge in [0.2, 0.25) is 5.91 Å². The molecule has 0 bridgehead atoms. The second kappa shape index (κ2) is 64.6. The number of rotatable bonds is 63. The number of unbranched alkanes of at least 4 members (excludes halogenated alkanes) is 46. The number of aliphatic hydroxyl groups is 2. The molecule has 0 aliphatic carbocycles. The molecule has 0 fully saturated rings. The lowest BCUT2D eigenvalue weighted by Gasteiger charge is -2.22. The van der Waals surface area contributed by atoms with Crippen LogP contribution < -0.4 is 5.32 Å². The van der Waals surface area contributed by atoms with Crippen LogP contribution >= 0.6 is 0 Å². The monoisotopic (exact) mass is 1050 g/mol. The van der Waals surface area contributed by atoms with Crippen molar-refractivity contribution in [1.29, 1.82) is 0 Å². The highest BCUT2D eigenvalue weighted by Gasteiger charge is 2.20. The number of allylic oxidation sites excluding steroid dienone is 6. The number of hydrogen-bond acceptors (Lipinski definition) is 5. The van der Waals surface area contributed by atoms with Crippen LogP contribution in [0.2, 0.25) is 0 Å². The van der Waals surface area contributed by atoms with Gasteiger partial charge in [0.05, 0.1) is 25.4 Å². The molecule has 0 heterocycles. The predicted molar refractivity (Wildman–Crippen MR) is 329 cm³/mol. The van der Waals surface area contributed by atoms with Gasteiger partial charge in [0, 0.05) is 12.8 Å². The van der Waals surface area contributed by atoms with Crippen LogP contribution in [0.25, 0.3) is 0 Å². The standard InChI is InChI=1S/C69H131NO5/c1-3-5-7-9-11-13-15-16-17-18-29-33-36-39-43-47-51-55-59-63-69(74)75-64-60-56-52-48-44-40-37-34-31-28-26-24-22-20-19-21-23-25-27-30-32-35-38-42-46-50-54-58-62-68(73)70-66(65-71)67(72)61-57-53-49-45-41-14-12-10-8-6-4-2/h11,13,16-17,19-20,66-67,71-72H,3-10,12,14-15,18,21-65H2,1-2H3,(H,70,73)/b13-11-,17-16-,20-19-.